The Morgan fingerprint density at radius 3 is 2.88 bits per heavy atom. The fraction of sp³-hybridized carbons (Fsp3) is 0.240. The van der Waals surface area contributed by atoms with Gasteiger partial charge in [-0.1, -0.05) is 18.2 Å². The van der Waals surface area contributed by atoms with Gasteiger partial charge in [0.25, 0.3) is 5.91 Å². The second kappa shape index (κ2) is 9.20. The largest absolute Gasteiger partial charge is 0.464 e. The van der Waals surface area contributed by atoms with E-state index in [4.69, 9.17) is 13.9 Å². The Morgan fingerprint density at radius 2 is 1.97 bits per heavy atom. The van der Waals surface area contributed by atoms with Crippen molar-refractivity contribution < 1.29 is 18.7 Å². The molecule has 0 N–H and O–H groups in total. The fourth-order valence-electron chi connectivity index (χ4n) is 4.05. The van der Waals surface area contributed by atoms with E-state index < -0.39 is 0 Å². The molecule has 1 aliphatic rings. The minimum atomic E-state index is -0.0403. The Labute approximate surface area is 185 Å². The number of hydrogen-bond donors (Lipinski definition) is 0. The number of aromatic nitrogens is 2. The van der Waals surface area contributed by atoms with Gasteiger partial charge in [-0.05, 0) is 48.4 Å². The maximum atomic E-state index is 13.3. The first-order valence-corrected chi connectivity index (χ1v) is 10.6. The van der Waals surface area contributed by atoms with Crippen LogP contribution in [-0.2, 0) is 11.2 Å². The Bertz CT molecular complexity index is 1210. The summed E-state index contributed by atoms with van der Waals surface area (Å²) in [4.78, 5) is 23.3. The molecule has 7 heteroatoms. The number of carbonyl (C=O) groups is 1. The Hall–Kier alpha value is -3.71. The average Bonchev–Trinajstić information content (AvgIpc) is 3.19. The second-order valence-corrected chi connectivity index (χ2v) is 7.81. The first kappa shape index (κ1) is 20.2. The monoisotopic (exact) mass is 429 g/mol. The number of amides is 1. The lowest BCUT2D eigenvalue weighted by Gasteiger charge is -2.24. The molecule has 1 fully saturated rings. The molecule has 1 unspecified atom stereocenters. The lowest BCUT2D eigenvalue weighted by atomic mass is 9.97. The summed E-state index contributed by atoms with van der Waals surface area (Å²) >= 11 is 0. The zero-order chi connectivity index (χ0) is 21.8. The highest BCUT2D eigenvalue weighted by Gasteiger charge is 2.24. The Kier molecular flexibility index (Phi) is 5.81. The molecule has 3 heterocycles. The predicted molar refractivity (Wildman–Crippen MR) is 119 cm³/mol. The van der Waals surface area contributed by atoms with E-state index in [9.17, 15) is 4.79 Å². The molecule has 1 atom stereocenters. The highest BCUT2D eigenvalue weighted by Crippen LogP contribution is 2.25. The summed E-state index contributed by atoms with van der Waals surface area (Å²) < 4.78 is 17.0. The van der Waals surface area contributed by atoms with Crippen molar-refractivity contribution in [3.8, 4) is 11.8 Å². The first-order valence-electron chi connectivity index (χ1n) is 10.6. The van der Waals surface area contributed by atoms with Crippen molar-refractivity contribution in [2.45, 2.75) is 6.42 Å². The number of hydrogen-bond acceptors (Lipinski definition) is 6. The number of ether oxygens (including phenoxy) is 2. The normalized spacial score (nSPS) is 16.6. The van der Waals surface area contributed by atoms with Gasteiger partial charge < -0.3 is 18.8 Å². The maximum absolute atomic E-state index is 13.3. The molecular formula is C25H23N3O4. The SMILES string of the molecule is O=C(c1cccc(Oc2ncccn2)c1)N1CCOCC(Cc2cccc3occc23)C1. The van der Waals surface area contributed by atoms with E-state index >= 15 is 0 Å². The molecule has 1 amide bonds. The van der Waals surface area contributed by atoms with Crippen molar-refractivity contribution in [3.05, 3.63) is 84.4 Å². The van der Waals surface area contributed by atoms with Crippen LogP contribution in [0, 0.1) is 5.92 Å². The quantitative estimate of drug-likeness (QED) is 0.470. The van der Waals surface area contributed by atoms with Crippen LogP contribution in [0.1, 0.15) is 15.9 Å². The van der Waals surface area contributed by atoms with Crippen molar-refractivity contribution >= 4 is 16.9 Å². The van der Waals surface area contributed by atoms with E-state index in [1.165, 1.54) is 5.56 Å². The van der Waals surface area contributed by atoms with Crippen LogP contribution in [-0.4, -0.2) is 47.1 Å². The van der Waals surface area contributed by atoms with Gasteiger partial charge in [0, 0.05) is 42.4 Å². The van der Waals surface area contributed by atoms with E-state index in [-0.39, 0.29) is 17.8 Å². The molecule has 2 aromatic heterocycles. The molecule has 0 bridgehead atoms. The van der Waals surface area contributed by atoms with E-state index in [2.05, 4.69) is 16.0 Å². The van der Waals surface area contributed by atoms with Gasteiger partial charge in [-0.25, -0.2) is 9.97 Å². The van der Waals surface area contributed by atoms with Gasteiger partial charge >= 0.3 is 6.01 Å². The highest BCUT2D eigenvalue weighted by atomic mass is 16.5. The Balaban J connectivity index is 1.31. The Morgan fingerprint density at radius 1 is 1.09 bits per heavy atom. The standard InChI is InChI=1S/C25H23N3O4/c29-24(20-5-1-6-21(15-20)32-25-26-9-3-10-27-25)28-11-13-30-17-18(16-28)14-19-4-2-7-23-22(19)8-12-31-23/h1-10,12,15,18H,11,13-14,16-17H2. The number of fused-ring (bicyclic) bond motifs is 1. The molecule has 162 valence electrons. The van der Waals surface area contributed by atoms with Crippen LogP contribution in [0.2, 0.25) is 0 Å². The molecule has 1 aliphatic heterocycles. The third-order valence-electron chi connectivity index (χ3n) is 5.55. The van der Waals surface area contributed by atoms with Crippen molar-refractivity contribution in [1.82, 2.24) is 14.9 Å². The van der Waals surface area contributed by atoms with Crippen LogP contribution in [0.15, 0.2) is 77.7 Å². The number of benzene rings is 2. The minimum Gasteiger partial charge on any atom is -0.464 e. The number of furan rings is 1. The fourth-order valence-corrected chi connectivity index (χ4v) is 4.05. The molecule has 0 radical (unpaired) electrons. The molecule has 7 nitrogen and oxygen atoms in total. The van der Waals surface area contributed by atoms with Crippen LogP contribution in [0.25, 0.3) is 11.0 Å². The summed E-state index contributed by atoms with van der Waals surface area (Å²) in [6, 6.07) is 17.2. The van der Waals surface area contributed by atoms with Gasteiger partial charge in [0.05, 0.1) is 19.5 Å². The van der Waals surface area contributed by atoms with Crippen molar-refractivity contribution in [3.63, 3.8) is 0 Å². The van der Waals surface area contributed by atoms with E-state index in [1.54, 1.807) is 49.0 Å². The van der Waals surface area contributed by atoms with E-state index in [0.29, 0.717) is 37.6 Å². The summed E-state index contributed by atoms with van der Waals surface area (Å²) in [6.07, 6.45) is 5.75. The lowest BCUT2D eigenvalue weighted by Crippen LogP contribution is -2.36. The van der Waals surface area contributed by atoms with Crippen LogP contribution in [0.5, 0.6) is 11.8 Å². The summed E-state index contributed by atoms with van der Waals surface area (Å²) in [7, 11) is 0. The average molecular weight is 429 g/mol. The van der Waals surface area contributed by atoms with Gasteiger partial charge in [-0.3, -0.25) is 4.79 Å². The number of rotatable bonds is 5. The summed E-state index contributed by atoms with van der Waals surface area (Å²) in [5.41, 5.74) is 2.65. The third-order valence-corrected chi connectivity index (χ3v) is 5.55. The van der Waals surface area contributed by atoms with Crippen molar-refractivity contribution in [2.24, 2.45) is 5.92 Å². The number of carbonyl (C=O) groups excluding carboxylic acids is 1. The first-order chi connectivity index (χ1) is 15.8. The summed E-state index contributed by atoms with van der Waals surface area (Å²) in [6.45, 7) is 2.32. The van der Waals surface area contributed by atoms with E-state index in [1.807, 2.05) is 23.1 Å². The van der Waals surface area contributed by atoms with Gasteiger partial charge in [0.1, 0.15) is 11.3 Å². The molecule has 2 aromatic carbocycles. The van der Waals surface area contributed by atoms with Gasteiger partial charge in [-0.15, -0.1) is 0 Å². The van der Waals surface area contributed by atoms with Crippen LogP contribution >= 0.6 is 0 Å². The smallest absolute Gasteiger partial charge is 0.321 e. The van der Waals surface area contributed by atoms with Gasteiger partial charge in [0.2, 0.25) is 0 Å². The van der Waals surface area contributed by atoms with Crippen LogP contribution in [0.3, 0.4) is 0 Å². The second-order valence-electron chi connectivity index (χ2n) is 7.81. The summed E-state index contributed by atoms with van der Waals surface area (Å²) in [5, 5.41) is 1.11. The summed E-state index contributed by atoms with van der Waals surface area (Å²) in [5.74, 6) is 0.678. The van der Waals surface area contributed by atoms with Crippen LogP contribution < -0.4 is 4.74 Å². The molecule has 32 heavy (non-hydrogen) atoms. The van der Waals surface area contributed by atoms with Crippen molar-refractivity contribution in [1.29, 1.82) is 0 Å². The molecule has 1 saturated heterocycles. The predicted octanol–water partition coefficient (Wildman–Crippen LogP) is 4.35. The molecular weight excluding hydrogens is 406 g/mol. The third kappa shape index (κ3) is 4.48. The highest BCUT2D eigenvalue weighted by molar-refractivity contribution is 5.94. The van der Waals surface area contributed by atoms with E-state index in [0.717, 1.165) is 17.4 Å². The molecule has 5 rings (SSSR count). The van der Waals surface area contributed by atoms with Crippen LogP contribution in [0.4, 0.5) is 0 Å². The molecule has 4 aromatic rings. The van der Waals surface area contributed by atoms with Gasteiger partial charge in [0.15, 0.2) is 0 Å². The molecule has 0 spiro atoms. The lowest BCUT2D eigenvalue weighted by molar-refractivity contribution is 0.0737. The van der Waals surface area contributed by atoms with Gasteiger partial charge in [-0.2, -0.15) is 0 Å². The molecule has 0 aliphatic carbocycles. The minimum absolute atomic E-state index is 0.0403. The van der Waals surface area contributed by atoms with Crippen molar-refractivity contribution in [2.75, 3.05) is 26.3 Å². The topological polar surface area (TPSA) is 77.7 Å². The zero-order valence-electron chi connectivity index (χ0n) is 17.5. The maximum Gasteiger partial charge on any atom is 0.321 e. The number of nitrogens with zero attached hydrogens (tertiary/aromatic N) is 3. The molecule has 0 saturated carbocycles. The zero-order valence-corrected chi connectivity index (χ0v) is 17.5.